The van der Waals surface area contributed by atoms with Crippen LogP contribution in [-0.2, 0) is 19.0 Å². The maximum absolute atomic E-state index is 11.3. The molecule has 2 unspecified atom stereocenters. The molecule has 0 N–H and O–H groups in total. The minimum absolute atomic E-state index is 0.00431. The van der Waals surface area contributed by atoms with Crippen LogP contribution >= 0.6 is 0 Å². The lowest BCUT2D eigenvalue weighted by Crippen LogP contribution is -2.24. The van der Waals surface area contributed by atoms with E-state index in [1.807, 2.05) is 26.8 Å². The van der Waals surface area contributed by atoms with Gasteiger partial charge >= 0.3 is 5.97 Å². The topological polar surface area (TPSA) is 44.8 Å². The quantitative estimate of drug-likeness (QED) is 0.575. The highest BCUT2D eigenvalue weighted by Crippen LogP contribution is 2.45. The van der Waals surface area contributed by atoms with Crippen LogP contribution < -0.4 is 0 Å². The summed E-state index contributed by atoms with van der Waals surface area (Å²) in [4.78, 5) is 11.3. The molecular weight excluding hydrogens is 280 g/mol. The second-order valence-corrected chi connectivity index (χ2v) is 6.45. The Labute approximate surface area is 135 Å². The molecule has 1 aliphatic heterocycles. The summed E-state index contributed by atoms with van der Waals surface area (Å²) in [5.74, 6) is -0.494. The van der Waals surface area contributed by atoms with Gasteiger partial charge < -0.3 is 14.2 Å². The monoisotopic (exact) mass is 312 g/mol. The first kappa shape index (κ1) is 19.2. The van der Waals surface area contributed by atoms with Crippen LogP contribution in [0.4, 0.5) is 0 Å². The molecule has 2 rings (SSSR count). The Morgan fingerprint density at radius 2 is 1.95 bits per heavy atom. The lowest BCUT2D eigenvalue weighted by Gasteiger charge is -2.21. The van der Waals surface area contributed by atoms with Gasteiger partial charge in [-0.25, -0.2) is 0 Å². The van der Waals surface area contributed by atoms with Gasteiger partial charge in [0.05, 0.1) is 19.6 Å². The second kappa shape index (κ2) is 8.68. The van der Waals surface area contributed by atoms with Gasteiger partial charge in [0, 0.05) is 0 Å². The third-order valence-corrected chi connectivity index (χ3v) is 4.18. The zero-order valence-electron chi connectivity index (χ0n) is 15.0. The number of allylic oxidation sites excluding steroid dienone is 1. The first-order valence-corrected chi connectivity index (χ1v) is 8.47. The van der Waals surface area contributed by atoms with Gasteiger partial charge in [0.2, 0.25) is 0 Å². The SMILES string of the molecule is C/C=C1/C2OC(C)(C)OC2C[C@@H]1CC(=O)OC.CCCCC. The molecule has 0 aromatic carbocycles. The number of carbonyl (C=O) groups is 1. The van der Waals surface area contributed by atoms with Crippen LogP contribution in [0.2, 0.25) is 0 Å². The molecule has 0 bridgehead atoms. The third-order valence-electron chi connectivity index (χ3n) is 4.18. The summed E-state index contributed by atoms with van der Waals surface area (Å²) in [6.07, 6.45) is 7.45. The number of methoxy groups -OCH3 is 1. The number of rotatable bonds is 4. The van der Waals surface area contributed by atoms with E-state index in [9.17, 15) is 4.79 Å². The predicted molar refractivity (Wildman–Crippen MR) is 87.5 cm³/mol. The van der Waals surface area contributed by atoms with Crippen LogP contribution in [0.5, 0.6) is 0 Å². The van der Waals surface area contributed by atoms with Crippen molar-refractivity contribution in [1.82, 2.24) is 0 Å². The first-order valence-electron chi connectivity index (χ1n) is 8.47. The molecule has 1 saturated heterocycles. The van der Waals surface area contributed by atoms with E-state index >= 15 is 0 Å². The standard InChI is InChI=1S/C13H20O4.C5H12/c1-5-9-8(7-11(14)15-4)6-10-12(9)17-13(2,3)16-10;1-3-5-4-2/h5,8,10,12H,6-7H2,1-4H3;3-5H2,1-2H3/b9-5+;/t8-,10?,12?;/m1./s1. The number of hydrogen-bond acceptors (Lipinski definition) is 4. The van der Waals surface area contributed by atoms with Gasteiger partial charge in [-0.2, -0.15) is 0 Å². The highest BCUT2D eigenvalue weighted by atomic mass is 16.8. The average Bonchev–Trinajstić information content (AvgIpc) is 2.91. The summed E-state index contributed by atoms with van der Waals surface area (Å²) in [5, 5.41) is 0. The summed E-state index contributed by atoms with van der Waals surface area (Å²) < 4.78 is 16.4. The molecule has 1 saturated carbocycles. The Morgan fingerprint density at radius 3 is 2.41 bits per heavy atom. The second-order valence-electron chi connectivity index (χ2n) is 6.45. The molecule has 0 amide bonds. The van der Waals surface area contributed by atoms with E-state index in [1.54, 1.807) is 0 Å². The summed E-state index contributed by atoms with van der Waals surface area (Å²) in [6, 6.07) is 0. The van der Waals surface area contributed by atoms with Crippen molar-refractivity contribution in [2.75, 3.05) is 7.11 Å². The van der Waals surface area contributed by atoms with Gasteiger partial charge in [-0.3, -0.25) is 4.79 Å². The Balaban J connectivity index is 0.000000422. The smallest absolute Gasteiger partial charge is 0.306 e. The molecule has 2 fully saturated rings. The van der Waals surface area contributed by atoms with Crippen LogP contribution in [0.3, 0.4) is 0 Å². The van der Waals surface area contributed by atoms with Gasteiger partial charge in [-0.15, -0.1) is 0 Å². The fraction of sp³-hybridized carbons (Fsp3) is 0.833. The minimum atomic E-state index is -0.514. The molecule has 1 heterocycles. The van der Waals surface area contributed by atoms with Crippen LogP contribution in [0.25, 0.3) is 0 Å². The molecular formula is C18H32O4. The van der Waals surface area contributed by atoms with Crippen molar-refractivity contribution in [3.05, 3.63) is 11.6 Å². The predicted octanol–water partition coefficient (Wildman–Crippen LogP) is 4.23. The van der Waals surface area contributed by atoms with Gasteiger partial charge in [0.15, 0.2) is 5.79 Å². The maximum Gasteiger partial charge on any atom is 0.306 e. The van der Waals surface area contributed by atoms with Crippen molar-refractivity contribution < 1.29 is 19.0 Å². The van der Waals surface area contributed by atoms with E-state index in [0.29, 0.717) is 6.42 Å². The lowest BCUT2D eigenvalue weighted by atomic mass is 9.98. The van der Waals surface area contributed by atoms with Crippen molar-refractivity contribution in [1.29, 1.82) is 0 Å². The summed E-state index contributed by atoms with van der Waals surface area (Å²) in [6.45, 7) is 10.3. The zero-order valence-corrected chi connectivity index (χ0v) is 15.0. The Morgan fingerprint density at radius 1 is 1.32 bits per heavy atom. The lowest BCUT2D eigenvalue weighted by molar-refractivity contribution is -0.150. The molecule has 22 heavy (non-hydrogen) atoms. The van der Waals surface area contributed by atoms with E-state index in [4.69, 9.17) is 14.2 Å². The van der Waals surface area contributed by atoms with E-state index in [1.165, 1.54) is 31.9 Å². The van der Waals surface area contributed by atoms with E-state index < -0.39 is 5.79 Å². The van der Waals surface area contributed by atoms with Crippen LogP contribution in [-0.4, -0.2) is 31.1 Å². The third kappa shape index (κ3) is 5.10. The molecule has 1 aliphatic carbocycles. The number of esters is 1. The van der Waals surface area contributed by atoms with E-state index in [-0.39, 0.29) is 24.1 Å². The summed E-state index contributed by atoms with van der Waals surface area (Å²) in [7, 11) is 1.42. The Hall–Kier alpha value is -0.870. The molecule has 4 nitrogen and oxygen atoms in total. The van der Waals surface area contributed by atoms with E-state index in [2.05, 4.69) is 13.8 Å². The molecule has 4 heteroatoms. The van der Waals surface area contributed by atoms with Crippen molar-refractivity contribution in [2.24, 2.45) is 5.92 Å². The number of hydrogen-bond donors (Lipinski definition) is 0. The molecule has 0 radical (unpaired) electrons. The van der Waals surface area contributed by atoms with Crippen LogP contribution in [0.1, 0.15) is 66.7 Å². The molecule has 0 aromatic heterocycles. The average molecular weight is 312 g/mol. The highest BCUT2D eigenvalue weighted by Gasteiger charge is 2.50. The molecule has 128 valence electrons. The normalized spacial score (nSPS) is 30.6. The van der Waals surface area contributed by atoms with Crippen molar-refractivity contribution in [3.8, 4) is 0 Å². The van der Waals surface area contributed by atoms with Crippen molar-refractivity contribution in [2.45, 2.75) is 84.7 Å². The summed E-state index contributed by atoms with van der Waals surface area (Å²) in [5.41, 5.74) is 1.17. The largest absolute Gasteiger partial charge is 0.469 e. The highest BCUT2D eigenvalue weighted by molar-refractivity contribution is 5.70. The maximum atomic E-state index is 11.3. The van der Waals surface area contributed by atoms with Gasteiger partial charge in [0.1, 0.15) is 6.10 Å². The number of fused-ring (bicyclic) bond motifs is 1. The van der Waals surface area contributed by atoms with Gasteiger partial charge in [0.25, 0.3) is 0 Å². The number of carbonyl (C=O) groups excluding carboxylic acids is 1. The number of ether oxygens (including phenoxy) is 3. The van der Waals surface area contributed by atoms with Gasteiger partial charge in [-0.05, 0) is 38.7 Å². The van der Waals surface area contributed by atoms with Crippen molar-refractivity contribution >= 4 is 5.97 Å². The van der Waals surface area contributed by atoms with E-state index in [0.717, 1.165) is 6.42 Å². The molecule has 0 spiro atoms. The zero-order chi connectivity index (χ0) is 16.8. The van der Waals surface area contributed by atoms with Crippen molar-refractivity contribution in [3.63, 3.8) is 0 Å². The van der Waals surface area contributed by atoms with Crippen LogP contribution in [0, 0.1) is 5.92 Å². The van der Waals surface area contributed by atoms with Crippen LogP contribution in [0.15, 0.2) is 11.6 Å². The molecule has 3 atom stereocenters. The molecule has 2 aliphatic rings. The van der Waals surface area contributed by atoms with Gasteiger partial charge in [-0.1, -0.05) is 39.2 Å². The first-order chi connectivity index (χ1) is 10.4. The Bertz CT molecular complexity index is 385. The summed E-state index contributed by atoms with van der Waals surface area (Å²) >= 11 is 0. The molecule has 0 aromatic rings. The number of unbranched alkanes of at least 4 members (excludes halogenated alkanes) is 2. The minimum Gasteiger partial charge on any atom is -0.469 e. The fourth-order valence-corrected chi connectivity index (χ4v) is 3.18. The Kier molecular flexibility index (Phi) is 7.57. The fourth-order valence-electron chi connectivity index (χ4n) is 3.18.